The Bertz CT molecular complexity index is 1310. The van der Waals surface area contributed by atoms with Crippen molar-refractivity contribution in [2.75, 3.05) is 0 Å². The summed E-state index contributed by atoms with van der Waals surface area (Å²) in [5, 5.41) is 1.99. The lowest BCUT2D eigenvalue weighted by Gasteiger charge is -2.34. The number of hydrogen-bond donors (Lipinski definition) is 0. The molecule has 3 aromatic rings. The maximum atomic E-state index is 8.89. The Kier molecular flexibility index (Phi) is 5.58. The molecule has 1 aliphatic rings. The van der Waals surface area contributed by atoms with Crippen LogP contribution in [0.1, 0.15) is 112 Å². The topological polar surface area (TPSA) is 3.88 Å². The van der Waals surface area contributed by atoms with E-state index in [0.29, 0.717) is 17.4 Å². The van der Waals surface area contributed by atoms with Gasteiger partial charge >= 0.3 is 0 Å². The first kappa shape index (κ1) is 22.3. The maximum absolute atomic E-state index is 8.89. The van der Waals surface area contributed by atoms with E-state index in [-0.39, 0.29) is 17.0 Å². The summed E-state index contributed by atoms with van der Waals surface area (Å²) < 4.78 is 19.7. The fraction of sp³-hybridized carbons (Fsp3) is 0.545. The van der Waals surface area contributed by atoms with E-state index < -0.39 is 0 Å². The largest absolute Gasteiger partial charge is 0.220 e. The molecule has 0 radical (unpaired) electrons. The van der Waals surface area contributed by atoms with E-state index in [0.717, 1.165) is 16.5 Å². The number of aromatic nitrogens is 1. The van der Waals surface area contributed by atoms with Gasteiger partial charge in [0, 0.05) is 6.04 Å². The summed E-state index contributed by atoms with van der Waals surface area (Å²) in [6.07, 6.45) is 5.17. The standard InChI is InChI=1S/C33H46N/c1-22-28(20-26(31(2,3)4)21-29(22)32(5,6)7)30-27-12-11-24(19-25(27)15-18-34(30)10)23-13-16-33(8,9)17-14-23/h11-12,15,18-21,23H,13-14,16-17H2,1-10H3/q+1/i15D,18D. The highest BCUT2D eigenvalue weighted by Crippen LogP contribution is 2.43. The minimum atomic E-state index is 0.00948. The summed E-state index contributed by atoms with van der Waals surface area (Å²) in [5.74, 6) is 0.548. The van der Waals surface area contributed by atoms with Crippen LogP contribution < -0.4 is 4.57 Å². The molecule has 0 spiro atoms. The van der Waals surface area contributed by atoms with E-state index in [4.69, 9.17) is 2.74 Å². The smallest absolute Gasteiger partial charge is 0.200 e. The van der Waals surface area contributed by atoms with Crippen LogP contribution in [0.3, 0.4) is 0 Å². The third kappa shape index (κ3) is 4.81. The molecule has 34 heavy (non-hydrogen) atoms. The summed E-state index contributed by atoms with van der Waals surface area (Å²) in [4.78, 5) is 0. The first-order valence-electron chi connectivity index (χ1n) is 14.1. The molecule has 0 saturated heterocycles. The molecule has 0 N–H and O–H groups in total. The van der Waals surface area contributed by atoms with Gasteiger partial charge in [0.05, 0.1) is 12.3 Å². The molecule has 1 heteroatoms. The highest BCUT2D eigenvalue weighted by molar-refractivity contribution is 5.94. The average Bonchev–Trinajstić information content (AvgIpc) is 2.77. The van der Waals surface area contributed by atoms with Crippen LogP contribution in [0.4, 0.5) is 0 Å². The molecule has 1 aliphatic carbocycles. The number of pyridine rings is 1. The minimum Gasteiger partial charge on any atom is -0.200 e. The molecule has 2 aromatic carbocycles. The van der Waals surface area contributed by atoms with Crippen molar-refractivity contribution in [1.82, 2.24) is 0 Å². The molecule has 0 atom stereocenters. The fourth-order valence-electron chi connectivity index (χ4n) is 5.74. The zero-order valence-electron chi connectivity index (χ0n) is 25.2. The van der Waals surface area contributed by atoms with E-state index in [1.165, 1.54) is 53.5 Å². The summed E-state index contributed by atoms with van der Waals surface area (Å²) in [7, 11) is 1.95. The van der Waals surface area contributed by atoms with Crippen molar-refractivity contribution < 1.29 is 7.31 Å². The predicted molar refractivity (Wildman–Crippen MR) is 148 cm³/mol. The van der Waals surface area contributed by atoms with Crippen molar-refractivity contribution in [3.63, 3.8) is 0 Å². The quantitative estimate of drug-likeness (QED) is 0.337. The Morgan fingerprint density at radius 3 is 2.18 bits per heavy atom. The van der Waals surface area contributed by atoms with Crippen LogP contribution >= 0.6 is 0 Å². The van der Waals surface area contributed by atoms with Crippen LogP contribution in [0, 0.1) is 12.3 Å². The molecule has 0 amide bonds. The van der Waals surface area contributed by atoms with Gasteiger partial charge in [-0.3, -0.25) is 0 Å². The SMILES string of the molecule is [2H]c1c([2H])[n+](C)c(-c2cc(C(C)(C)C)cc(C(C)(C)C)c2C)c2ccc(C3CCC(C)(C)CC3)cc12. The highest BCUT2D eigenvalue weighted by Gasteiger charge is 2.29. The Hall–Kier alpha value is -2.15. The van der Waals surface area contributed by atoms with Gasteiger partial charge in [0.15, 0.2) is 6.17 Å². The third-order valence-corrected chi connectivity index (χ3v) is 8.14. The molecule has 1 heterocycles. The summed E-state index contributed by atoms with van der Waals surface area (Å²) in [5.41, 5.74) is 7.95. The summed E-state index contributed by atoms with van der Waals surface area (Å²) >= 11 is 0. The Morgan fingerprint density at radius 1 is 0.941 bits per heavy atom. The minimum absolute atomic E-state index is 0.00948. The highest BCUT2D eigenvalue weighted by atomic mass is 14.9. The molecule has 1 fully saturated rings. The van der Waals surface area contributed by atoms with E-state index in [2.05, 4.69) is 92.6 Å². The van der Waals surface area contributed by atoms with Crippen LogP contribution in [-0.4, -0.2) is 0 Å². The molecular formula is C33H46N+. The van der Waals surface area contributed by atoms with Gasteiger partial charge in [-0.25, -0.2) is 4.57 Å². The third-order valence-electron chi connectivity index (χ3n) is 8.14. The van der Waals surface area contributed by atoms with Crippen LogP contribution in [0.2, 0.25) is 0 Å². The summed E-state index contributed by atoms with van der Waals surface area (Å²) in [6.45, 7) is 20.6. The van der Waals surface area contributed by atoms with Crippen molar-refractivity contribution in [3.05, 3.63) is 64.8 Å². The number of nitrogens with zero attached hydrogens (tertiary/aromatic N) is 1. The van der Waals surface area contributed by atoms with Gasteiger partial charge in [-0.05, 0) is 94.5 Å². The normalized spacial score (nSPS) is 18.2. The Balaban J connectivity index is 1.98. The van der Waals surface area contributed by atoms with E-state index in [9.17, 15) is 0 Å². The number of rotatable bonds is 2. The molecule has 1 nitrogen and oxygen atoms in total. The molecule has 182 valence electrons. The molecular weight excluding hydrogens is 410 g/mol. The van der Waals surface area contributed by atoms with Gasteiger partial charge in [-0.2, -0.15) is 0 Å². The molecule has 0 aliphatic heterocycles. The summed E-state index contributed by atoms with van der Waals surface area (Å²) in [6, 6.07) is 11.8. The van der Waals surface area contributed by atoms with Gasteiger partial charge < -0.3 is 0 Å². The fourth-order valence-corrected chi connectivity index (χ4v) is 5.74. The van der Waals surface area contributed by atoms with Crippen molar-refractivity contribution >= 4 is 10.8 Å². The molecule has 4 rings (SSSR count). The number of benzene rings is 2. The number of fused-ring (bicyclic) bond motifs is 1. The predicted octanol–water partition coefficient (Wildman–Crippen LogP) is 8.92. The monoisotopic (exact) mass is 458 g/mol. The van der Waals surface area contributed by atoms with E-state index in [1.807, 2.05) is 11.6 Å². The van der Waals surface area contributed by atoms with Gasteiger partial charge in [0.2, 0.25) is 5.69 Å². The zero-order chi connectivity index (χ0) is 26.8. The lowest BCUT2D eigenvalue weighted by atomic mass is 9.71. The van der Waals surface area contributed by atoms with Crippen molar-refractivity contribution in [3.8, 4) is 11.3 Å². The lowest BCUT2D eigenvalue weighted by Crippen LogP contribution is -2.31. The first-order valence-corrected chi connectivity index (χ1v) is 13.1. The van der Waals surface area contributed by atoms with Gasteiger partial charge in [0.1, 0.15) is 8.42 Å². The van der Waals surface area contributed by atoms with Gasteiger partial charge in [0.25, 0.3) is 0 Å². The molecule has 1 saturated carbocycles. The molecule has 1 aromatic heterocycles. The maximum Gasteiger partial charge on any atom is 0.220 e. The van der Waals surface area contributed by atoms with Crippen LogP contribution in [0.15, 0.2) is 42.5 Å². The second kappa shape index (κ2) is 8.51. The average molecular weight is 459 g/mol. The van der Waals surface area contributed by atoms with Crippen LogP contribution in [0.5, 0.6) is 0 Å². The van der Waals surface area contributed by atoms with Crippen molar-refractivity contribution in [1.29, 1.82) is 0 Å². The molecule has 0 unspecified atom stereocenters. The van der Waals surface area contributed by atoms with E-state index in [1.54, 1.807) is 0 Å². The Labute approximate surface area is 211 Å². The second-order valence-corrected chi connectivity index (χ2v) is 13.6. The number of hydrogen-bond acceptors (Lipinski definition) is 0. The zero-order valence-corrected chi connectivity index (χ0v) is 23.2. The van der Waals surface area contributed by atoms with Crippen molar-refractivity contribution in [2.45, 2.75) is 105 Å². The van der Waals surface area contributed by atoms with Crippen molar-refractivity contribution in [2.24, 2.45) is 12.5 Å². The molecule has 0 bridgehead atoms. The van der Waals surface area contributed by atoms with Crippen LogP contribution in [0.25, 0.3) is 22.0 Å². The van der Waals surface area contributed by atoms with Gasteiger partial charge in [-0.1, -0.05) is 73.6 Å². The lowest BCUT2D eigenvalue weighted by molar-refractivity contribution is -0.659. The van der Waals surface area contributed by atoms with Gasteiger partial charge in [-0.15, -0.1) is 0 Å². The first-order chi connectivity index (χ1) is 16.5. The second-order valence-electron chi connectivity index (χ2n) is 13.6. The van der Waals surface area contributed by atoms with E-state index >= 15 is 0 Å². The Morgan fingerprint density at radius 2 is 1.59 bits per heavy atom. The van der Waals surface area contributed by atoms with Crippen LogP contribution in [-0.2, 0) is 17.9 Å².